The molecule has 1 atom stereocenters. The van der Waals surface area contributed by atoms with Crippen LogP contribution in [-0.4, -0.2) is 23.7 Å². The average Bonchev–Trinajstić information content (AvgIpc) is 3.03. The Bertz CT molecular complexity index is 636. The number of carboxylic acids is 1. The molecule has 0 radical (unpaired) electrons. The Kier molecular flexibility index (Phi) is 4.96. The Balaban J connectivity index is 1.65. The second kappa shape index (κ2) is 7.32. The van der Waals surface area contributed by atoms with Crippen LogP contribution in [0.25, 0.3) is 0 Å². The van der Waals surface area contributed by atoms with Crippen molar-refractivity contribution in [2.75, 3.05) is 11.4 Å². The van der Waals surface area contributed by atoms with Crippen LogP contribution in [0.4, 0.5) is 5.69 Å². The van der Waals surface area contributed by atoms with E-state index in [4.69, 9.17) is 5.11 Å². The van der Waals surface area contributed by atoms with Crippen molar-refractivity contribution in [3.05, 3.63) is 65.7 Å². The zero-order chi connectivity index (χ0) is 16.1. The second-order valence-corrected chi connectivity index (χ2v) is 6.25. The molecule has 1 heterocycles. The van der Waals surface area contributed by atoms with Crippen LogP contribution >= 0.6 is 0 Å². The maximum atomic E-state index is 10.8. The highest BCUT2D eigenvalue weighted by Gasteiger charge is 2.25. The number of hydrogen-bond acceptors (Lipinski definition) is 2. The van der Waals surface area contributed by atoms with Crippen molar-refractivity contribution in [3.63, 3.8) is 0 Å². The zero-order valence-electron chi connectivity index (χ0n) is 13.3. The number of benzene rings is 2. The van der Waals surface area contributed by atoms with Crippen molar-refractivity contribution in [2.24, 2.45) is 0 Å². The third-order valence-electron chi connectivity index (χ3n) is 4.59. The van der Waals surface area contributed by atoms with Gasteiger partial charge in [0.1, 0.15) is 0 Å². The van der Waals surface area contributed by atoms with E-state index in [9.17, 15) is 4.79 Å². The molecule has 120 valence electrons. The summed E-state index contributed by atoms with van der Waals surface area (Å²) in [5.41, 5.74) is 3.84. The molecule has 1 unspecified atom stereocenters. The lowest BCUT2D eigenvalue weighted by molar-refractivity contribution is -0.137. The summed E-state index contributed by atoms with van der Waals surface area (Å²) in [6.45, 7) is 1.03. The molecule has 0 amide bonds. The van der Waals surface area contributed by atoms with Gasteiger partial charge in [0.2, 0.25) is 0 Å². The van der Waals surface area contributed by atoms with Crippen molar-refractivity contribution in [1.82, 2.24) is 0 Å². The minimum atomic E-state index is -0.699. The van der Waals surface area contributed by atoms with Crippen LogP contribution in [-0.2, 0) is 11.2 Å². The molecule has 23 heavy (non-hydrogen) atoms. The molecule has 0 saturated carbocycles. The fourth-order valence-corrected chi connectivity index (χ4v) is 3.40. The first kappa shape index (κ1) is 15.6. The van der Waals surface area contributed by atoms with Crippen LogP contribution in [0.5, 0.6) is 0 Å². The van der Waals surface area contributed by atoms with E-state index in [2.05, 4.69) is 53.4 Å². The standard InChI is InChI=1S/C20H23NO2/c22-20(23)13-12-18-7-4-14-21(18)19-10-8-17(9-11-19)15-16-5-2-1-3-6-16/h1-3,5-6,8-11,18H,4,7,12-15H2,(H,22,23). The summed E-state index contributed by atoms with van der Waals surface area (Å²) >= 11 is 0. The Morgan fingerprint density at radius 2 is 1.74 bits per heavy atom. The predicted molar refractivity (Wildman–Crippen MR) is 92.9 cm³/mol. The Morgan fingerprint density at radius 3 is 2.43 bits per heavy atom. The van der Waals surface area contributed by atoms with E-state index in [1.807, 2.05) is 6.07 Å². The van der Waals surface area contributed by atoms with Crippen molar-refractivity contribution < 1.29 is 9.90 Å². The van der Waals surface area contributed by atoms with Crippen LogP contribution in [0.15, 0.2) is 54.6 Å². The number of aliphatic carboxylic acids is 1. The van der Waals surface area contributed by atoms with Crippen molar-refractivity contribution in [1.29, 1.82) is 0 Å². The van der Waals surface area contributed by atoms with Gasteiger partial charge in [-0.2, -0.15) is 0 Å². The normalized spacial score (nSPS) is 17.4. The molecular weight excluding hydrogens is 286 g/mol. The van der Waals surface area contributed by atoms with E-state index in [1.165, 1.54) is 16.8 Å². The van der Waals surface area contributed by atoms with E-state index in [0.29, 0.717) is 6.04 Å². The van der Waals surface area contributed by atoms with Gasteiger partial charge in [0, 0.05) is 24.7 Å². The van der Waals surface area contributed by atoms with Crippen molar-refractivity contribution >= 4 is 11.7 Å². The van der Waals surface area contributed by atoms with Crippen LogP contribution in [0.1, 0.15) is 36.8 Å². The third-order valence-corrected chi connectivity index (χ3v) is 4.59. The number of rotatable bonds is 6. The Hall–Kier alpha value is -2.29. The molecule has 1 aliphatic heterocycles. The highest BCUT2D eigenvalue weighted by molar-refractivity contribution is 5.66. The molecule has 0 aromatic heterocycles. The summed E-state index contributed by atoms with van der Waals surface area (Å²) < 4.78 is 0. The van der Waals surface area contributed by atoms with E-state index >= 15 is 0 Å². The lowest BCUT2D eigenvalue weighted by Gasteiger charge is -2.26. The van der Waals surface area contributed by atoms with Crippen LogP contribution in [0.2, 0.25) is 0 Å². The molecule has 1 N–H and O–H groups in total. The minimum Gasteiger partial charge on any atom is -0.481 e. The largest absolute Gasteiger partial charge is 0.481 e. The highest BCUT2D eigenvalue weighted by atomic mass is 16.4. The quantitative estimate of drug-likeness (QED) is 0.873. The molecule has 3 heteroatoms. The van der Waals surface area contributed by atoms with E-state index in [0.717, 1.165) is 32.2 Å². The maximum absolute atomic E-state index is 10.8. The van der Waals surface area contributed by atoms with E-state index < -0.39 is 5.97 Å². The first-order chi connectivity index (χ1) is 11.2. The minimum absolute atomic E-state index is 0.257. The molecule has 3 rings (SSSR count). The summed E-state index contributed by atoms with van der Waals surface area (Å²) in [4.78, 5) is 13.2. The molecule has 1 aliphatic rings. The lowest BCUT2D eigenvalue weighted by atomic mass is 10.0. The third kappa shape index (κ3) is 4.13. The summed E-state index contributed by atoms with van der Waals surface area (Å²) in [5, 5.41) is 8.89. The van der Waals surface area contributed by atoms with Gasteiger partial charge in [-0.1, -0.05) is 42.5 Å². The van der Waals surface area contributed by atoms with Crippen LogP contribution in [0.3, 0.4) is 0 Å². The second-order valence-electron chi connectivity index (χ2n) is 6.25. The number of anilines is 1. The van der Waals surface area contributed by atoms with Crippen molar-refractivity contribution in [3.8, 4) is 0 Å². The van der Waals surface area contributed by atoms with Gasteiger partial charge >= 0.3 is 5.97 Å². The number of nitrogens with zero attached hydrogens (tertiary/aromatic N) is 1. The summed E-state index contributed by atoms with van der Waals surface area (Å²) in [6.07, 6.45) is 4.19. The topological polar surface area (TPSA) is 40.5 Å². The molecule has 0 aliphatic carbocycles. The molecule has 1 fully saturated rings. The molecule has 0 spiro atoms. The smallest absolute Gasteiger partial charge is 0.303 e. The molecule has 2 aromatic carbocycles. The van der Waals surface area contributed by atoms with Crippen LogP contribution in [0, 0.1) is 0 Å². The van der Waals surface area contributed by atoms with Gasteiger partial charge < -0.3 is 10.0 Å². The highest BCUT2D eigenvalue weighted by Crippen LogP contribution is 2.28. The average molecular weight is 309 g/mol. The number of hydrogen-bond donors (Lipinski definition) is 1. The number of carbonyl (C=O) groups is 1. The molecule has 3 nitrogen and oxygen atoms in total. The molecule has 2 aromatic rings. The molecular formula is C20H23NO2. The monoisotopic (exact) mass is 309 g/mol. The Labute approximate surface area is 137 Å². The van der Waals surface area contributed by atoms with Gasteiger partial charge in [0.05, 0.1) is 0 Å². The van der Waals surface area contributed by atoms with Gasteiger partial charge in [-0.25, -0.2) is 0 Å². The van der Waals surface area contributed by atoms with Gasteiger partial charge in [-0.15, -0.1) is 0 Å². The molecule has 1 saturated heterocycles. The molecule has 0 bridgehead atoms. The summed E-state index contributed by atoms with van der Waals surface area (Å²) in [6, 6.07) is 19.6. The van der Waals surface area contributed by atoms with Gasteiger partial charge in [-0.05, 0) is 48.9 Å². The first-order valence-electron chi connectivity index (χ1n) is 8.33. The van der Waals surface area contributed by atoms with E-state index in [-0.39, 0.29) is 6.42 Å². The maximum Gasteiger partial charge on any atom is 0.303 e. The Morgan fingerprint density at radius 1 is 1.04 bits per heavy atom. The summed E-state index contributed by atoms with van der Waals surface area (Å²) in [5.74, 6) is -0.699. The fourth-order valence-electron chi connectivity index (χ4n) is 3.40. The van der Waals surface area contributed by atoms with Gasteiger partial charge in [-0.3, -0.25) is 4.79 Å². The SMILES string of the molecule is O=C(O)CCC1CCCN1c1ccc(Cc2ccccc2)cc1. The zero-order valence-corrected chi connectivity index (χ0v) is 13.3. The van der Waals surface area contributed by atoms with Crippen LogP contribution < -0.4 is 4.90 Å². The first-order valence-corrected chi connectivity index (χ1v) is 8.33. The predicted octanol–water partition coefficient (Wildman–Crippen LogP) is 4.11. The van der Waals surface area contributed by atoms with Gasteiger partial charge in [0.15, 0.2) is 0 Å². The lowest BCUT2D eigenvalue weighted by Crippen LogP contribution is -2.29. The van der Waals surface area contributed by atoms with Gasteiger partial charge in [0.25, 0.3) is 0 Å². The summed E-state index contributed by atoms with van der Waals surface area (Å²) in [7, 11) is 0. The van der Waals surface area contributed by atoms with Crippen molar-refractivity contribution in [2.45, 2.75) is 38.1 Å². The fraction of sp³-hybridized carbons (Fsp3) is 0.350. The number of carboxylic acid groups (broad SMARTS) is 1. The van der Waals surface area contributed by atoms with E-state index in [1.54, 1.807) is 0 Å².